The maximum atomic E-state index is 12.0. The highest BCUT2D eigenvalue weighted by Gasteiger charge is 2.24. The van der Waals surface area contributed by atoms with Crippen LogP contribution >= 0.6 is 0 Å². The number of hydrogen-bond donors (Lipinski definition) is 3. The van der Waals surface area contributed by atoms with E-state index in [2.05, 4.69) is 20.6 Å². The van der Waals surface area contributed by atoms with E-state index in [0.717, 1.165) is 16.9 Å². The molecule has 0 aliphatic rings. The predicted molar refractivity (Wildman–Crippen MR) is 75.8 cm³/mol. The molecule has 0 radical (unpaired) electrons. The van der Waals surface area contributed by atoms with Crippen molar-refractivity contribution in [3.63, 3.8) is 0 Å². The standard InChI is InChI=1S/C14H18N4O/c1-14(2,15-3)13(19)18-11-6-4-10(5-7-11)12-8-16-9-17-12/h4-9,15H,1-3H3,(H,16,17)(H,18,19). The van der Waals surface area contributed by atoms with Gasteiger partial charge < -0.3 is 15.6 Å². The highest BCUT2D eigenvalue weighted by atomic mass is 16.2. The molecule has 1 aromatic carbocycles. The number of likely N-dealkylation sites (N-methyl/N-ethyl adjacent to an activating group) is 1. The number of hydrogen-bond acceptors (Lipinski definition) is 3. The Morgan fingerprint density at radius 3 is 2.47 bits per heavy atom. The first-order valence-electron chi connectivity index (χ1n) is 6.12. The third-order valence-electron chi connectivity index (χ3n) is 3.14. The molecule has 5 nitrogen and oxygen atoms in total. The zero-order chi connectivity index (χ0) is 13.9. The Morgan fingerprint density at radius 2 is 1.95 bits per heavy atom. The molecule has 0 bridgehead atoms. The molecule has 1 aromatic heterocycles. The van der Waals surface area contributed by atoms with Crippen LogP contribution in [0.5, 0.6) is 0 Å². The number of imidazole rings is 1. The first-order valence-corrected chi connectivity index (χ1v) is 6.12. The van der Waals surface area contributed by atoms with Gasteiger partial charge in [-0.15, -0.1) is 0 Å². The molecular formula is C14H18N4O. The highest BCUT2D eigenvalue weighted by molar-refractivity contribution is 5.97. The molecule has 0 unspecified atom stereocenters. The van der Waals surface area contributed by atoms with Crippen LogP contribution in [0, 0.1) is 0 Å². The van der Waals surface area contributed by atoms with E-state index in [4.69, 9.17) is 0 Å². The van der Waals surface area contributed by atoms with Crippen molar-refractivity contribution in [1.29, 1.82) is 0 Å². The Bertz CT molecular complexity index is 543. The van der Waals surface area contributed by atoms with Crippen molar-refractivity contribution < 1.29 is 4.79 Å². The number of aromatic nitrogens is 2. The van der Waals surface area contributed by atoms with Gasteiger partial charge in [-0.2, -0.15) is 0 Å². The second-order valence-corrected chi connectivity index (χ2v) is 4.87. The highest BCUT2D eigenvalue weighted by Crippen LogP contribution is 2.19. The zero-order valence-corrected chi connectivity index (χ0v) is 11.3. The fourth-order valence-corrected chi connectivity index (χ4v) is 1.55. The lowest BCUT2D eigenvalue weighted by atomic mass is 10.0. The Labute approximate surface area is 112 Å². The molecule has 1 heterocycles. The van der Waals surface area contributed by atoms with Gasteiger partial charge in [-0.05, 0) is 38.6 Å². The maximum Gasteiger partial charge on any atom is 0.244 e. The van der Waals surface area contributed by atoms with Crippen LogP contribution in [0.3, 0.4) is 0 Å². The molecule has 1 amide bonds. The molecule has 19 heavy (non-hydrogen) atoms. The van der Waals surface area contributed by atoms with Crippen molar-refractivity contribution in [3.8, 4) is 11.3 Å². The van der Waals surface area contributed by atoms with Crippen molar-refractivity contribution in [2.45, 2.75) is 19.4 Å². The van der Waals surface area contributed by atoms with Crippen molar-refractivity contribution in [1.82, 2.24) is 15.3 Å². The smallest absolute Gasteiger partial charge is 0.244 e. The fraction of sp³-hybridized carbons (Fsp3) is 0.286. The molecule has 100 valence electrons. The molecule has 0 spiro atoms. The normalized spacial score (nSPS) is 11.3. The van der Waals surface area contributed by atoms with Crippen LogP contribution in [0.4, 0.5) is 5.69 Å². The van der Waals surface area contributed by atoms with Gasteiger partial charge in [0.2, 0.25) is 5.91 Å². The third-order valence-corrected chi connectivity index (χ3v) is 3.14. The molecule has 3 N–H and O–H groups in total. The quantitative estimate of drug-likeness (QED) is 0.785. The summed E-state index contributed by atoms with van der Waals surface area (Å²) in [7, 11) is 1.76. The molecule has 5 heteroatoms. The van der Waals surface area contributed by atoms with Crippen LogP contribution in [0.15, 0.2) is 36.8 Å². The van der Waals surface area contributed by atoms with E-state index in [1.807, 2.05) is 38.1 Å². The van der Waals surface area contributed by atoms with Gasteiger partial charge in [0.1, 0.15) is 0 Å². The lowest BCUT2D eigenvalue weighted by molar-refractivity contribution is -0.121. The second kappa shape index (κ2) is 5.24. The van der Waals surface area contributed by atoms with Gasteiger partial charge in [0, 0.05) is 5.69 Å². The third kappa shape index (κ3) is 3.00. The number of H-pyrrole nitrogens is 1. The van der Waals surface area contributed by atoms with Crippen LogP contribution in [-0.4, -0.2) is 28.5 Å². The van der Waals surface area contributed by atoms with Gasteiger partial charge in [0.05, 0.1) is 23.8 Å². The van der Waals surface area contributed by atoms with Crippen LogP contribution < -0.4 is 10.6 Å². The summed E-state index contributed by atoms with van der Waals surface area (Å²) < 4.78 is 0. The van der Waals surface area contributed by atoms with E-state index < -0.39 is 5.54 Å². The molecular weight excluding hydrogens is 240 g/mol. The first-order chi connectivity index (χ1) is 9.03. The Balaban J connectivity index is 2.10. The number of nitrogens with zero attached hydrogens (tertiary/aromatic N) is 1. The SMILES string of the molecule is CNC(C)(C)C(=O)Nc1ccc(-c2cnc[nH]2)cc1. The van der Waals surface area contributed by atoms with Gasteiger partial charge in [-0.3, -0.25) is 4.79 Å². The minimum Gasteiger partial charge on any atom is -0.345 e. The van der Waals surface area contributed by atoms with Crippen molar-refractivity contribution >= 4 is 11.6 Å². The molecule has 0 fully saturated rings. The summed E-state index contributed by atoms with van der Waals surface area (Å²) in [6.07, 6.45) is 3.40. The van der Waals surface area contributed by atoms with Gasteiger partial charge in [-0.25, -0.2) is 4.98 Å². The lowest BCUT2D eigenvalue weighted by Crippen LogP contribution is -2.47. The van der Waals surface area contributed by atoms with Gasteiger partial charge >= 0.3 is 0 Å². The van der Waals surface area contributed by atoms with Crippen molar-refractivity contribution in [3.05, 3.63) is 36.8 Å². The summed E-state index contributed by atoms with van der Waals surface area (Å²) >= 11 is 0. The maximum absolute atomic E-state index is 12.0. The number of amides is 1. The number of nitrogens with one attached hydrogen (secondary N) is 3. The van der Waals surface area contributed by atoms with Gasteiger partial charge in [-0.1, -0.05) is 12.1 Å². The molecule has 0 saturated heterocycles. The molecule has 0 aliphatic carbocycles. The summed E-state index contributed by atoms with van der Waals surface area (Å²) in [5, 5.41) is 5.85. The molecule has 0 aliphatic heterocycles. The van der Waals surface area contributed by atoms with E-state index >= 15 is 0 Å². The summed E-state index contributed by atoms with van der Waals surface area (Å²) in [6.45, 7) is 3.67. The van der Waals surface area contributed by atoms with Crippen molar-refractivity contribution in [2.75, 3.05) is 12.4 Å². The average Bonchev–Trinajstić information content (AvgIpc) is 2.93. The Morgan fingerprint density at radius 1 is 1.26 bits per heavy atom. The van der Waals surface area contributed by atoms with Crippen LogP contribution in [0.1, 0.15) is 13.8 Å². The zero-order valence-electron chi connectivity index (χ0n) is 11.3. The largest absolute Gasteiger partial charge is 0.345 e. The second-order valence-electron chi connectivity index (χ2n) is 4.87. The Kier molecular flexibility index (Phi) is 3.66. The molecule has 0 atom stereocenters. The van der Waals surface area contributed by atoms with Crippen LogP contribution in [-0.2, 0) is 4.79 Å². The summed E-state index contributed by atoms with van der Waals surface area (Å²) in [5.74, 6) is -0.0655. The van der Waals surface area contributed by atoms with Gasteiger partial charge in [0.15, 0.2) is 0 Å². The summed E-state index contributed by atoms with van der Waals surface area (Å²) in [5.41, 5.74) is 2.16. The number of carbonyl (C=O) groups is 1. The molecule has 2 aromatic rings. The summed E-state index contributed by atoms with van der Waals surface area (Å²) in [6, 6.07) is 7.63. The molecule has 2 rings (SSSR count). The number of benzene rings is 1. The van der Waals surface area contributed by atoms with Gasteiger partial charge in [0.25, 0.3) is 0 Å². The molecule has 0 saturated carbocycles. The summed E-state index contributed by atoms with van der Waals surface area (Å²) in [4.78, 5) is 19.0. The first kappa shape index (κ1) is 13.3. The van der Waals surface area contributed by atoms with Crippen LogP contribution in [0.2, 0.25) is 0 Å². The van der Waals surface area contributed by atoms with E-state index in [1.54, 1.807) is 19.6 Å². The number of carbonyl (C=O) groups excluding carboxylic acids is 1. The van der Waals surface area contributed by atoms with E-state index in [1.165, 1.54) is 0 Å². The average molecular weight is 258 g/mol. The Hall–Kier alpha value is -2.14. The van der Waals surface area contributed by atoms with Crippen LogP contribution in [0.25, 0.3) is 11.3 Å². The minimum atomic E-state index is -0.595. The van der Waals surface area contributed by atoms with E-state index in [0.29, 0.717) is 0 Å². The van der Waals surface area contributed by atoms with E-state index in [9.17, 15) is 4.79 Å². The monoisotopic (exact) mass is 258 g/mol. The number of aromatic amines is 1. The van der Waals surface area contributed by atoms with E-state index in [-0.39, 0.29) is 5.91 Å². The fourth-order valence-electron chi connectivity index (χ4n) is 1.55. The topological polar surface area (TPSA) is 69.8 Å². The minimum absolute atomic E-state index is 0.0655. The lowest BCUT2D eigenvalue weighted by Gasteiger charge is -2.22. The van der Waals surface area contributed by atoms with Crippen molar-refractivity contribution in [2.24, 2.45) is 0 Å². The predicted octanol–water partition coefficient (Wildman–Crippen LogP) is 2.01. The number of rotatable bonds is 4. The number of anilines is 1.